The summed E-state index contributed by atoms with van der Waals surface area (Å²) in [6.07, 6.45) is 0.483. The largest absolute Gasteiger partial charge is 0.339 e. The van der Waals surface area contributed by atoms with Crippen molar-refractivity contribution in [2.24, 2.45) is 5.92 Å². The number of nitrogens with zero attached hydrogens (tertiary/aromatic N) is 2. The molecular weight excluding hydrogens is 326 g/mol. The summed E-state index contributed by atoms with van der Waals surface area (Å²) in [5.41, 5.74) is 0. The zero-order chi connectivity index (χ0) is 17.7. The molecule has 1 aromatic rings. The number of carbonyl (C=O) groups excluding carboxylic acids is 1. The second-order valence-electron chi connectivity index (χ2n) is 6.75. The summed E-state index contributed by atoms with van der Waals surface area (Å²) >= 11 is 0. The van der Waals surface area contributed by atoms with Crippen molar-refractivity contribution in [2.75, 3.05) is 33.2 Å². The number of piperazine rings is 1. The highest BCUT2D eigenvalue weighted by Crippen LogP contribution is 2.14. The molecule has 2 rings (SSSR count). The fourth-order valence-electron chi connectivity index (χ4n) is 2.77. The molecule has 0 saturated carbocycles. The second kappa shape index (κ2) is 8.09. The van der Waals surface area contributed by atoms with E-state index < -0.39 is 16.1 Å². The van der Waals surface area contributed by atoms with Crippen LogP contribution in [0.1, 0.15) is 20.3 Å². The average Bonchev–Trinajstić information content (AvgIpc) is 2.54. The summed E-state index contributed by atoms with van der Waals surface area (Å²) in [6.45, 7) is 6.87. The summed E-state index contributed by atoms with van der Waals surface area (Å²) in [7, 11) is -1.69. The van der Waals surface area contributed by atoms with Crippen molar-refractivity contribution in [1.29, 1.82) is 0 Å². The quantitative estimate of drug-likeness (QED) is 0.833. The van der Waals surface area contributed by atoms with E-state index in [0.29, 0.717) is 19.5 Å². The van der Waals surface area contributed by atoms with Gasteiger partial charge in [0.2, 0.25) is 15.9 Å². The third kappa shape index (κ3) is 5.03. The van der Waals surface area contributed by atoms with Gasteiger partial charge in [0.1, 0.15) is 6.04 Å². The maximum atomic E-state index is 12.8. The molecule has 0 aromatic heterocycles. The van der Waals surface area contributed by atoms with E-state index in [4.69, 9.17) is 0 Å². The lowest BCUT2D eigenvalue weighted by atomic mass is 10.0. The Morgan fingerprint density at radius 3 is 2.25 bits per heavy atom. The van der Waals surface area contributed by atoms with Crippen molar-refractivity contribution in [3.8, 4) is 0 Å². The first-order chi connectivity index (χ1) is 11.3. The number of rotatable bonds is 6. The lowest BCUT2D eigenvalue weighted by molar-refractivity contribution is -0.135. The van der Waals surface area contributed by atoms with Gasteiger partial charge in [-0.2, -0.15) is 4.72 Å². The predicted octanol–water partition coefficient (Wildman–Crippen LogP) is 1.15. The molecule has 24 heavy (non-hydrogen) atoms. The van der Waals surface area contributed by atoms with E-state index in [1.54, 1.807) is 23.1 Å². The number of carbonyl (C=O) groups is 1. The highest BCUT2D eigenvalue weighted by Gasteiger charge is 2.31. The van der Waals surface area contributed by atoms with Crippen LogP contribution in [-0.2, 0) is 14.8 Å². The summed E-state index contributed by atoms with van der Waals surface area (Å²) in [4.78, 5) is 16.9. The summed E-state index contributed by atoms with van der Waals surface area (Å²) < 4.78 is 27.8. The molecule has 1 amide bonds. The van der Waals surface area contributed by atoms with Crippen LogP contribution in [0.5, 0.6) is 0 Å². The van der Waals surface area contributed by atoms with Crippen LogP contribution >= 0.6 is 0 Å². The summed E-state index contributed by atoms with van der Waals surface area (Å²) in [5.74, 6) is 0.0844. The van der Waals surface area contributed by atoms with Crippen molar-refractivity contribution >= 4 is 15.9 Å². The minimum Gasteiger partial charge on any atom is -0.339 e. The molecule has 1 heterocycles. The number of sulfonamides is 1. The van der Waals surface area contributed by atoms with Crippen LogP contribution in [0.25, 0.3) is 0 Å². The topological polar surface area (TPSA) is 69.7 Å². The van der Waals surface area contributed by atoms with E-state index in [9.17, 15) is 13.2 Å². The molecule has 1 aliphatic heterocycles. The van der Waals surface area contributed by atoms with Crippen molar-refractivity contribution < 1.29 is 13.2 Å². The van der Waals surface area contributed by atoms with E-state index in [1.807, 2.05) is 20.9 Å². The molecule has 6 nitrogen and oxygen atoms in total. The predicted molar refractivity (Wildman–Crippen MR) is 94.1 cm³/mol. The van der Waals surface area contributed by atoms with Gasteiger partial charge in [-0.15, -0.1) is 0 Å². The Morgan fingerprint density at radius 1 is 1.12 bits per heavy atom. The fraction of sp³-hybridized carbons (Fsp3) is 0.588. The van der Waals surface area contributed by atoms with Crippen LogP contribution in [-0.4, -0.2) is 63.4 Å². The number of nitrogens with one attached hydrogen (secondary N) is 1. The van der Waals surface area contributed by atoms with E-state index in [2.05, 4.69) is 9.62 Å². The Hall–Kier alpha value is -1.44. The van der Waals surface area contributed by atoms with Gasteiger partial charge in [-0.05, 0) is 31.5 Å². The Kier molecular flexibility index (Phi) is 6.37. The molecule has 0 bridgehead atoms. The maximum absolute atomic E-state index is 12.8. The van der Waals surface area contributed by atoms with Crippen molar-refractivity contribution in [3.05, 3.63) is 30.3 Å². The van der Waals surface area contributed by atoms with Gasteiger partial charge in [0, 0.05) is 26.2 Å². The number of hydrogen-bond acceptors (Lipinski definition) is 4. The van der Waals surface area contributed by atoms with Gasteiger partial charge in [0.05, 0.1) is 4.90 Å². The Labute approximate surface area is 144 Å². The van der Waals surface area contributed by atoms with Crippen LogP contribution in [0.3, 0.4) is 0 Å². The Balaban J connectivity index is 2.14. The molecule has 1 atom stereocenters. The zero-order valence-electron chi connectivity index (χ0n) is 14.6. The molecule has 1 N–H and O–H groups in total. The first kappa shape index (κ1) is 18.9. The van der Waals surface area contributed by atoms with Crippen LogP contribution < -0.4 is 4.72 Å². The van der Waals surface area contributed by atoms with Crippen LogP contribution in [0.2, 0.25) is 0 Å². The SMILES string of the molecule is CC(C)C[C@H](NS(=O)(=O)c1ccccc1)C(=O)N1CCN(C)CC1. The number of benzene rings is 1. The third-order valence-electron chi connectivity index (χ3n) is 4.17. The third-order valence-corrected chi connectivity index (χ3v) is 5.66. The molecule has 1 aromatic carbocycles. The van der Waals surface area contributed by atoms with Crippen LogP contribution in [0.15, 0.2) is 35.2 Å². The number of likely N-dealkylation sites (N-methyl/N-ethyl adjacent to an activating group) is 1. The standard InChI is InChI=1S/C17H27N3O3S/c1-14(2)13-16(17(21)20-11-9-19(3)10-12-20)18-24(22,23)15-7-5-4-6-8-15/h4-8,14,16,18H,9-13H2,1-3H3/t16-/m0/s1. The lowest BCUT2D eigenvalue weighted by Gasteiger charge is -2.35. The monoisotopic (exact) mass is 353 g/mol. The van der Waals surface area contributed by atoms with Crippen LogP contribution in [0, 0.1) is 5.92 Å². The molecule has 1 fully saturated rings. The summed E-state index contributed by atoms with van der Waals surface area (Å²) in [6, 6.07) is 7.46. The van der Waals surface area contributed by atoms with Crippen molar-refractivity contribution in [2.45, 2.75) is 31.2 Å². The van der Waals surface area contributed by atoms with Crippen LogP contribution in [0.4, 0.5) is 0 Å². The minimum absolute atomic E-state index is 0.128. The van der Waals surface area contributed by atoms with Crippen molar-refractivity contribution in [3.63, 3.8) is 0 Å². The first-order valence-corrected chi connectivity index (χ1v) is 9.82. The van der Waals surface area contributed by atoms with E-state index in [1.165, 1.54) is 12.1 Å². The lowest BCUT2D eigenvalue weighted by Crippen LogP contribution is -2.54. The van der Waals surface area contributed by atoms with Gasteiger partial charge >= 0.3 is 0 Å². The van der Waals surface area contributed by atoms with E-state index in [-0.39, 0.29) is 16.7 Å². The van der Waals surface area contributed by atoms with E-state index in [0.717, 1.165) is 13.1 Å². The molecule has 0 unspecified atom stereocenters. The molecule has 0 aliphatic carbocycles. The highest BCUT2D eigenvalue weighted by molar-refractivity contribution is 7.89. The van der Waals surface area contributed by atoms with Gasteiger partial charge in [-0.3, -0.25) is 4.79 Å². The molecule has 7 heteroatoms. The summed E-state index contributed by atoms with van der Waals surface area (Å²) in [5, 5.41) is 0. The normalized spacial score (nSPS) is 17.9. The van der Waals surface area contributed by atoms with Gasteiger partial charge in [0.15, 0.2) is 0 Å². The zero-order valence-corrected chi connectivity index (χ0v) is 15.4. The second-order valence-corrected chi connectivity index (χ2v) is 8.46. The Morgan fingerprint density at radius 2 is 1.71 bits per heavy atom. The van der Waals surface area contributed by atoms with Gasteiger partial charge in [-0.25, -0.2) is 8.42 Å². The molecular formula is C17H27N3O3S. The molecule has 1 saturated heterocycles. The average molecular weight is 353 g/mol. The molecule has 0 radical (unpaired) electrons. The van der Waals surface area contributed by atoms with Gasteiger partial charge < -0.3 is 9.80 Å². The fourth-order valence-corrected chi connectivity index (χ4v) is 4.00. The molecule has 1 aliphatic rings. The first-order valence-electron chi connectivity index (χ1n) is 8.34. The van der Waals surface area contributed by atoms with Gasteiger partial charge in [0.25, 0.3) is 0 Å². The minimum atomic E-state index is -3.71. The number of amides is 1. The van der Waals surface area contributed by atoms with E-state index >= 15 is 0 Å². The van der Waals surface area contributed by atoms with Crippen molar-refractivity contribution in [1.82, 2.24) is 14.5 Å². The smallest absolute Gasteiger partial charge is 0.241 e. The number of hydrogen-bond donors (Lipinski definition) is 1. The highest BCUT2D eigenvalue weighted by atomic mass is 32.2. The molecule has 134 valence electrons. The van der Waals surface area contributed by atoms with Gasteiger partial charge in [-0.1, -0.05) is 32.0 Å². The Bertz CT molecular complexity index is 638. The maximum Gasteiger partial charge on any atom is 0.241 e. The molecule has 0 spiro atoms.